The number of aromatic nitrogens is 1. The van der Waals surface area contributed by atoms with E-state index < -0.39 is 11.6 Å². The summed E-state index contributed by atoms with van der Waals surface area (Å²) in [4.78, 5) is 38.2. The van der Waals surface area contributed by atoms with Crippen molar-refractivity contribution in [1.82, 2.24) is 14.8 Å². The zero-order valence-electron chi connectivity index (χ0n) is 17.5. The fourth-order valence-corrected chi connectivity index (χ4v) is 3.65. The molecule has 1 aliphatic rings. The molecule has 154 valence electrons. The van der Waals surface area contributed by atoms with Gasteiger partial charge in [-0.1, -0.05) is 12.1 Å². The van der Waals surface area contributed by atoms with E-state index in [1.807, 2.05) is 44.2 Å². The van der Waals surface area contributed by atoms with E-state index in [-0.39, 0.29) is 18.2 Å². The monoisotopic (exact) mass is 397 g/mol. The zero-order chi connectivity index (χ0) is 21.3. The lowest BCUT2D eigenvalue weighted by Crippen LogP contribution is -2.41. The number of nitrogens with zero attached hydrogens (tertiary/aromatic N) is 2. The maximum Gasteiger partial charge on any atom is 0.325 e. The third-order valence-electron chi connectivity index (χ3n) is 5.40. The molecule has 1 fully saturated rings. The Hall–Kier alpha value is -3.09. The summed E-state index contributed by atoms with van der Waals surface area (Å²) in [6.07, 6.45) is 0.815. The predicted octanol–water partition coefficient (Wildman–Crippen LogP) is 2.87. The standard InChI is InChI=1S/C22H27N3O4/c1-14-12-18(19(26)13-25-20(27)22(3,4)23-21(25)28)15(2)24(14)11-10-16-6-8-17(29-5)9-7-16/h6-9,12H,10-11,13H2,1-5H3,(H,23,28). The predicted molar refractivity (Wildman–Crippen MR) is 109 cm³/mol. The lowest BCUT2D eigenvalue weighted by molar-refractivity contribution is -0.129. The van der Waals surface area contributed by atoms with Crippen LogP contribution in [0.25, 0.3) is 0 Å². The Morgan fingerprint density at radius 1 is 1.14 bits per heavy atom. The third-order valence-corrected chi connectivity index (χ3v) is 5.40. The second kappa shape index (κ2) is 7.73. The van der Waals surface area contributed by atoms with Gasteiger partial charge in [-0.2, -0.15) is 0 Å². The molecule has 1 saturated heterocycles. The second-order valence-electron chi connectivity index (χ2n) is 7.90. The van der Waals surface area contributed by atoms with Gasteiger partial charge in [-0.05, 0) is 57.9 Å². The van der Waals surface area contributed by atoms with E-state index in [4.69, 9.17) is 4.74 Å². The summed E-state index contributed by atoms with van der Waals surface area (Å²) in [5, 5.41) is 2.60. The van der Waals surface area contributed by atoms with Crippen LogP contribution in [0.5, 0.6) is 5.75 Å². The van der Waals surface area contributed by atoms with Crippen molar-refractivity contribution in [3.8, 4) is 5.75 Å². The summed E-state index contributed by atoms with van der Waals surface area (Å²) in [5.41, 5.74) is 2.55. The average molecular weight is 397 g/mol. The highest BCUT2D eigenvalue weighted by Gasteiger charge is 2.45. The number of benzene rings is 1. The van der Waals surface area contributed by atoms with Gasteiger partial charge in [-0.3, -0.25) is 14.5 Å². The molecule has 2 aromatic rings. The quantitative estimate of drug-likeness (QED) is 0.575. The first-order valence-electron chi connectivity index (χ1n) is 9.61. The molecular weight excluding hydrogens is 370 g/mol. The van der Waals surface area contributed by atoms with Crippen LogP contribution >= 0.6 is 0 Å². The Labute approximate surface area is 170 Å². The average Bonchev–Trinajstić information content (AvgIpc) is 3.07. The number of urea groups is 1. The van der Waals surface area contributed by atoms with Crippen LogP contribution in [0.3, 0.4) is 0 Å². The first kappa shape index (κ1) is 20.6. The van der Waals surface area contributed by atoms with Crippen molar-refractivity contribution in [2.45, 2.75) is 46.2 Å². The fourth-order valence-electron chi connectivity index (χ4n) is 3.65. The van der Waals surface area contributed by atoms with Gasteiger partial charge in [0.05, 0.1) is 13.7 Å². The summed E-state index contributed by atoms with van der Waals surface area (Å²) in [6, 6.07) is 9.21. The number of hydrogen-bond donors (Lipinski definition) is 1. The van der Waals surface area contributed by atoms with E-state index >= 15 is 0 Å². The summed E-state index contributed by atoms with van der Waals surface area (Å²) in [7, 11) is 1.64. The molecule has 0 bridgehead atoms. The van der Waals surface area contributed by atoms with Crippen LogP contribution in [0, 0.1) is 13.8 Å². The smallest absolute Gasteiger partial charge is 0.325 e. The molecule has 7 nitrogen and oxygen atoms in total. The van der Waals surface area contributed by atoms with Crippen molar-refractivity contribution < 1.29 is 19.1 Å². The number of Topliss-reactive ketones (excluding diaryl/α,β-unsaturated/α-hetero) is 1. The molecule has 1 aromatic carbocycles. The zero-order valence-corrected chi connectivity index (χ0v) is 17.5. The Morgan fingerprint density at radius 3 is 2.34 bits per heavy atom. The van der Waals surface area contributed by atoms with Crippen LogP contribution in [0.1, 0.15) is 41.2 Å². The first-order valence-corrected chi connectivity index (χ1v) is 9.61. The lowest BCUT2D eigenvalue weighted by Gasteiger charge is -2.15. The van der Waals surface area contributed by atoms with Crippen LogP contribution in [-0.4, -0.2) is 46.4 Å². The van der Waals surface area contributed by atoms with E-state index in [9.17, 15) is 14.4 Å². The first-order chi connectivity index (χ1) is 13.6. The highest BCUT2D eigenvalue weighted by molar-refractivity contribution is 6.11. The molecule has 3 rings (SSSR count). The highest BCUT2D eigenvalue weighted by atomic mass is 16.5. The number of imide groups is 1. The Morgan fingerprint density at radius 2 is 1.79 bits per heavy atom. The van der Waals surface area contributed by atoms with Crippen molar-refractivity contribution in [1.29, 1.82) is 0 Å². The van der Waals surface area contributed by atoms with E-state index in [2.05, 4.69) is 9.88 Å². The topological polar surface area (TPSA) is 80.6 Å². The molecule has 1 aliphatic heterocycles. The van der Waals surface area contributed by atoms with Gasteiger partial charge in [0.1, 0.15) is 11.3 Å². The number of carbonyl (C=O) groups is 3. The van der Waals surface area contributed by atoms with Gasteiger partial charge in [-0.25, -0.2) is 4.79 Å². The van der Waals surface area contributed by atoms with Gasteiger partial charge >= 0.3 is 6.03 Å². The van der Waals surface area contributed by atoms with Crippen molar-refractivity contribution in [3.63, 3.8) is 0 Å². The van der Waals surface area contributed by atoms with Crippen LogP contribution in [0.15, 0.2) is 30.3 Å². The number of ketones is 1. The molecule has 1 aromatic heterocycles. The normalized spacial score (nSPS) is 15.6. The number of aryl methyl sites for hydroxylation is 2. The number of hydrogen-bond acceptors (Lipinski definition) is 4. The van der Waals surface area contributed by atoms with Crippen molar-refractivity contribution >= 4 is 17.7 Å². The molecule has 0 atom stereocenters. The van der Waals surface area contributed by atoms with Crippen LogP contribution in [0.2, 0.25) is 0 Å². The summed E-state index contributed by atoms with van der Waals surface area (Å²) >= 11 is 0. The van der Waals surface area contributed by atoms with Gasteiger partial charge in [0, 0.05) is 23.5 Å². The summed E-state index contributed by atoms with van der Waals surface area (Å²) < 4.78 is 7.27. The molecule has 7 heteroatoms. The largest absolute Gasteiger partial charge is 0.497 e. The lowest BCUT2D eigenvalue weighted by atomic mass is 10.1. The van der Waals surface area contributed by atoms with Gasteiger partial charge < -0.3 is 14.6 Å². The van der Waals surface area contributed by atoms with E-state index in [1.165, 1.54) is 5.56 Å². The van der Waals surface area contributed by atoms with Crippen molar-refractivity contribution in [2.75, 3.05) is 13.7 Å². The van der Waals surface area contributed by atoms with Gasteiger partial charge in [0.25, 0.3) is 5.91 Å². The third kappa shape index (κ3) is 4.04. The Balaban J connectivity index is 1.72. The number of nitrogens with one attached hydrogen (secondary N) is 1. The number of amides is 3. The van der Waals surface area contributed by atoms with Crippen molar-refractivity contribution in [2.24, 2.45) is 0 Å². The van der Waals surface area contributed by atoms with E-state index in [1.54, 1.807) is 21.0 Å². The van der Waals surface area contributed by atoms with Crippen molar-refractivity contribution in [3.05, 3.63) is 52.8 Å². The number of methoxy groups -OCH3 is 1. The molecule has 2 heterocycles. The number of carbonyl (C=O) groups excluding carboxylic acids is 3. The maximum atomic E-state index is 12.8. The van der Waals surface area contributed by atoms with Crippen LogP contribution in [-0.2, 0) is 17.8 Å². The van der Waals surface area contributed by atoms with E-state index in [0.29, 0.717) is 5.56 Å². The Bertz CT molecular complexity index is 957. The molecule has 0 unspecified atom stereocenters. The minimum atomic E-state index is -0.980. The SMILES string of the molecule is COc1ccc(CCn2c(C)cc(C(=O)CN3C(=O)NC(C)(C)C3=O)c2C)cc1. The van der Waals surface area contributed by atoms with Gasteiger partial charge in [0.2, 0.25) is 0 Å². The summed E-state index contributed by atoms with van der Waals surface area (Å²) in [6.45, 7) is 7.58. The van der Waals surface area contributed by atoms with Crippen LogP contribution in [0.4, 0.5) is 4.79 Å². The summed E-state index contributed by atoms with van der Waals surface area (Å²) in [5.74, 6) is 0.192. The van der Waals surface area contributed by atoms with Crippen LogP contribution < -0.4 is 10.1 Å². The maximum absolute atomic E-state index is 12.8. The molecule has 0 radical (unpaired) electrons. The second-order valence-corrected chi connectivity index (χ2v) is 7.90. The molecule has 0 aliphatic carbocycles. The molecule has 0 saturated carbocycles. The minimum absolute atomic E-state index is 0.241. The molecular formula is C22H27N3O4. The minimum Gasteiger partial charge on any atom is -0.497 e. The number of rotatable bonds is 7. The molecule has 3 amide bonds. The number of ether oxygens (including phenoxy) is 1. The Kier molecular flexibility index (Phi) is 5.50. The molecule has 29 heavy (non-hydrogen) atoms. The van der Waals surface area contributed by atoms with E-state index in [0.717, 1.165) is 35.0 Å². The highest BCUT2D eigenvalue weighted by Crippen LogP contribution is 2.21. The molecule has 0 spiro atoms. The van der Waals surface area contributed by atoms with Gasteiger partial charge in [-0.15, -0.1) is 0 Å². The molecule has 1 N–H and O–H groups in total. The van der Waals surface area contributed by atoms with Gasteiger partial charge in [0.15, 0.2) is 5.78 Å². The fraction of sp³-hybridized carbons (Fsp3) is 0.409.